The van der Waals surface area contributed by atoms with E-state index in [1.165, 1.54) is 11.8 Å². The largest absolute Gasteiger partial charge is 0.479 e. The lowest BCUT2D eigenvalue weighted by atomic mass is 10.8. The van der Waals surface area contributed by atoms with Gasteiger partial charge >= 0.3 is 0 Å². The molecule has 1 aromatic heterocycles. The van der Waals surface area contributed by atoms with Gasteiger partial charge in [0.1, 0.15) is 0 Å². The van der Waals surface area contributed by atoms with E-state index in [4.69, 9.17) is 17.0 Å². The molecule has 5 heteroatoms. The minimum Gasteiger partial charge on any atom is -0.479 e. The van der Waals surface area contributed by atoms with Crippen molar-refractivity contribution in [2.45, 2.75) is 11.9 Å². The number of H-pyrrole nitrogens is 1. The van der Waals surface area contributed by atoms with Crippen LogP contribution in [0, 0.1) is 0 Å². The highest BCUT2D eigenvalue weighted by Crippen LogP contribution is 2.16. The van der Waals surface area contributed by atoms with E-state index in [0.717, 1.165) is 5.03 Å². The molecule has 0 aliphatic rings. The lowest BCUT2D eigenvalue weighted by molar-refractivity contribution is 0.346. The second-order valence-corrected chi connectivity index (χ2v) is 3.35. The van der Waals surface area contributed by atoms with Gasteiger partial charge in [0, 0.05) is 6.20 Å². The number of aromatic amines is 1. The molecule has 0 unspecified atom stereocenters. The highest BCUT2D eigenvalue weighted by molar-refractivity contribution is 8.22. The number of thioether (sulfide) groups is 1. The number of aromatic nitrogens is 2. The molecule has 0 bridgehead atoms. The predicted molar refractivity (Wildman–Crippen MR) is 48.7 cm³/mol. The molecule has 1 N–H and O–H groups in total. The van der Waals surface area contributed by atoms with Gasteiger partial charge in [-0.1, -0.05) is 0 Å². The maximum Gasteiger partial charge on any atom is 0.226 e. The molecule has 1 aromatic rings. The molecule has 1 rings (SSSR count). The summed E-state index contributed by atoms with van der Waals surface area (Å²) in [4.78, 5) is 0. The SMILES string of the molecule is CCOC(=S)Sc1ccn[nH]1. The molecule has 60 valence electrons. The lowest BCUT2D eigenvalue weighted by Crippen LogP contribution is -1.94. The van der Waals surface area contributed by atoms with Crippen molar-refractivity contribution in [1.29, 1.82) is 0 Å². The van der Waals surface area contributed by atoms with Crippen molar-refractivity contribution in [3.8, 4) is 0 Å². The molecule has 0 saturated heterocycles. The smallest absolute Gasteiger partial charge is 0.226 e. The molecule has 0 saturated carbocycles. The van der Waals surface area contributed by atoms with Gasteiger partial charge in [-0.05, 0) is 37.0 Å². The number of nitrogens with one attached hydrogen (secondary N) is 1. The van der Waals surface area contributed by atoms with Crippen LogP contribution in [0.25, 0.3) is 0 Å². The van der Waals surface area contributed by atoms with Crippen molar-refractivity contribution in [1.82, 2.24) is 10.2 Å². The Labute approximate surface area is 74.5 Å². The number of rotatable bonds is 2. The van der Waals surface area contributed by atoms with Crippen molar-refractivity contribution in [2.75, 3.05) is 6.61 Å². The summed E-state index contributed by atoms with van der Waals surface area (Å²) in [6, 6.07) is 1.84. The first-order chi connectivity index (χ1) is 5.33. The van der Waals surface area contributed by atoms with Gasteiger partial charge in [0.2, 0.25) is 4.38 Å². The molecular formula is C6H8N2OS2. The fraction of sp³-hybridized carbons (Fsp3) is 0.333. The van der Waals surface area contributed by atoms with E-state index < -0.39 is 0 Å². The number of ether oxygens (including phenoxy) is 1. The molecular weight excluding hydrogens is 180 g/mol. The Bertz CT molecular complexity index is 222. The van der Waals surface area contributed by atoms with E-state index in [2.05, 4.69) is 10.2 Å². The zero-order chi connectivity index (χ0) is 8.10. The van der Waals surface area contributed by atoms with Gasteiger partial charge in [-0.2, -0.15) is 5.10 Å². The van der Waals surface area contributed by atoms with Crippen LogP contribution in [0.5, 0.6) is 0 Å². The number of thiocarbonyl (C=S) groups is 1. The van der Waals surface area contributed by atoms with Crippen LogP contribution in [0.1, 0.15) is 6.92 Å². The molecule has 0 aliphatic heterocycles. The van der Waals surface area contributed by atoms with Gasteiger partial charge < -0.3 is 4.74 Å². The molecule has 11 heavy (non-hydrogen) atoms. The maximum atomic E-state index is 5.06. The van der Waals surface area contributed by atoms with Crippen LogP contribution in [0.15, 0.2) is 17.3 Å². The van der Waals surface area contributed by atoms with Crippen molar-refractivity contribution >= 4 is 28.4 Å². The summed E-state index contributed by atoms with van der Waals surface area (Å²) in [5.74, 6) is 0. The highest BCUT2D eigenvalue weighted by Gasteiger charge is 2.00. The predicted octanol–water partition coefficient (Wildman–Crippen LogP) is 1.82. The summed E-state index contributed by atoms with van der Waals surface area (Å²) < 4.78 is 5.59. The van der Waals surface area contributed by atoms with Gasteiger partial charge in [0.05, 0.1) is 11.6 Å². The van der Waals surface area contributed by atoms with Gasteiger partial charge in [-0.3, -0.25) is 5.10 Å². The number of nitrogens with zero attached hydrogens (tertiary/aromatic N) is 1. The van der Waals surface area contributed by atoms with Gasteiger partial charge in [0.15, 0.2) is 0 Å². The van der Waals surface area contributed by atoms with Crippen LogP contribution < -0.4 is 0 Å². The van der Waals surface area contributed by atoms with Crippen LogP contribution in [0.2, 0.25) is 0 Å². The van der Waals surface area contributed by atoms with Crippen LogP contribution in [0.3, 0.4) is 0 Å². The second kappa shape index (κ2) is 4.35. The van der Waals surface area contributed by atoms with E-state index in [1.807, 2.05) is 13.0 Å². The van der Waals surface area contributed by atoms with E-state index >= 15 is 0 Å². The van der Waals surface area contributed by atoms with Crippen molar-refractivity contribution in [2.24, 2.45) is 0 Å². The standard InChI is InChI=1S/C6H8N2OS2/c1-2-9-6(10)11-5-3-4-7-8-5/h3-4H,2H2,1H3,(H,7,8). The molecule has 3 nitrogen and oxygen atoms in total. The molecule has 0 radical (unpaired) electrons. The fourth-order valence-electron chi connectivity index (χ4n) is 0.537. The van der Waals surface area contributed by atoms with Crippen LogP contribution in [0.4, 0.5) is 0 Å². The average Bonchev–Trinajstić information content (AvgIpc) is 2.40. The van der Waals surface area contributed by atoms with Gasteiger partial charge in [0.25, 0.3) is 0 Å². The van der Waals surface area contributed by atoms with Crippen molar-refractivity contribution in [3.63, 3.8) is 0 Å². The van der Waals surface area contributed by atoms with Crippen LogP contribution in [-0.4, -0.2) is 21.2 Å². The summed E-state index contributed by atoms with van der Waals surface area (Å²) in [6.45, 7) is 2.51. The van der Waals surface area contributed by atoms with E-state index in [0.29, 0.717) is 11.0 Å². The molecule has 0 amide bonds. The first-order valence-corrected chi connectivity index (χ1v) is 4.39. The molecule has 0 aliphatic carbocycles. The Morgan fingerprint density at radius 3 is 3.27 bits per heavy atom. The van der Waals surface area contributed by atoms with E-state index in [1.54, 1.807) is 6.20 Å². The molecule has 0 aromatic carbocycles. The molecule has 0 fully saturated rings. The first kappa shape index (κ1) is 8.55. The molecule has 1 heterocycles. The summed E-state index contributed by atoms with van der Waals surface area (Å²) in [5, 5.41) is 7.45. The van der Waals surface area contributed by atoms with Gasteiger partial charge in [-0.25, -0.2) is 0 Å². The quantitative estimate of drug-likeness (QED) is 0.567. The maximum absolute atomic E-state index is 5.06. The molecule has 0 spiro atoms. The van der Waals surface area contributed by atoms with Crippen LogP contribution in [-0.2, 0) is 4.74 Å². The Kier molecular flexibility index (Phi) is 3.38. The number of hydrogen-bond donors (Lipinski definition) is 1. The second-order valence-electron chi connectivity index (χ2n) is 1.71. The lowest BCUT2D eigenvalue weighted by Gasteiger charge is -2.00. The third-order valence-corrected chi connectivity index (χ3v) is 2.03. The zero-order valence-electron chi connectivity index (χ0n) is 6.03. The number of hydrogen-bond acceptors (Lipinski definition) is 4. The fourth-order valence-corrected chi connectivity index (χ4v) is 1.51. The van der Waals surface area contributed by atoms with Crippen LogP contribution >= 0.6 is 24.0 Å². The Hall–Kier alpha value is -0.550. The van der Waals surface area contributed by atoms with E-state index in [-0.39, 0.29) is 0 Å². The minimum atomic E-state index is 0.525. The minimum absolute atomic E-state index is 0.525. The topological polar surface area (TPSA) is 37.9 Å². The van der Waals surface area contributed by atoms with Crippen molar-refractivity contribution in [3.05, 3.63) is 12.3 Å². The summed E-state index contributed by atoms with van der Waals surface area (Å²) >= 11 is 6.26. The van der Waals surface area contributed by atoms with Crippen molar-refractivity contribution < 1.29 is 4.74 Å². The summed E-state index contributed by atoms with van der Waals surface area (Å²) in [5.41, 5.74) is 0. The molecule has 0 atom stereocenters. The van der Waals surface area contributed by atoms with E-state index in [9.17, 15) is 0 Å². The highest BCUT2D eigenvalue weighted by atomic mass is 32.2. The normalized spacial score (nSPS) is 9.55. The Morgan fingerprint density at radius 1 is 1.91 bits per heavy atom. The summed E-state index contributed by atoms with van der Waals surface area (Å²) in [7, 11) is 0. The monoisotopic (exact) mass is 188 g/mol. The first-order valence-electron chi connectivity index (χ1n) is 3.17. The average molecular weight is 188 g/mol. The third kappa shape index (κ3) is 2.90. The Morgan fingerprint density at radius 2 is 2.73 bits per heavy atom. The Balaban J connectivity index is 2.37. The third-order valence-electron chi connectivity index (χ3n) is 0.931. The van der Waals surface area contributed by atoms with Gasteiger partial charge in [-0.15, -0.1) is 0 Å². The summed E-state index contributed by atoms with van der Waals surface area (Å²) in [6.07, 6.45) is 1.68. The zero-order valence-corrected chi connectivity index (χ0v) is 7.67.